The Morgan fingerprint density at radius 1 is 1.19 bits per heavy atom. The number of hydrogen-bond donors (Lipinski definition) is 0. The largest absolute Gasteiger partial charge is 0.379 e. The highest BCUT2D eigenvalue weighted by Crippen LogP contribution is 2.06. The first-order chi connectivity index (χ1) is 7.86. The first kappa shape index (κ1) is 13.2. The molecule has 1 rings (SSSR count). The SMILES string of the molecule is CCCCC(COCc1ccccc1)OC. The van der Waals surface area contributed by atoms with Crippen molar-refractivity contribution in [2.24, 2.45) is 0 Å². The minimum Gasteiger partial charge on any atom is -0.379 e. The van der Waals surface area contributed by atoms with E-state index in [1.165, 1.54) is 18.4 Å². The first-order valence-corrected chi connectivity index (χ1v) is 6.01. The summed E-state index contributed by atoms with van der Waals surface area (Å²) >= 11 is 0. The van der Waals surface area contributed by atoms with Crippen LogP contribution in [0.15, 0.2) is 30.3 Å². The predicted octanol–water partition coefficient (Wildman–Crippen LogP) is 3.41. The molecule has 0 aliphatic rings. The Labute approximate surface area is 98.6 Å². The lowest BCUT2D eigenvalue weighted by molar-refractivity contribution is -0.00280. The lowest BCUT2D eigenvalue weighted by Gasteiger charge is -2.15. The molecular formula is C14H22O2. The van der Waals surface area contributed by atoms with Crippen LogP contribution in [0.2, 0.25) is 0 Å². The topological polar surface area (TPSA) is 18.5 Å². The Hall–Kier alpha value is -0.860. The molecule has 0 amide bonds. The van der Waals surface area contributed by atoms with Crippen molar-refractivity contribution in [3.05, 3.63) is 35.9 Å². The van der Waals surface area contributed by atoms with E-state index in [0.29, 0.717) is 13.2 Å². The van der Waals surface area contributed by atoms with E-state index in [1.54, 1.807) is 7.11 Å². The van der Waals surface area contributed by atoms with E-state index in [2.05, 4.69) is 19.1 Å². The molecule has 1 unspecified atom stereocenters. The molecule has 1 aromatic carbocycles. The highest BCUT2D eigenvalue weighted by Gasteiger charge is 2.06. The third-order valence-corrected chi connectivity index (χ3v) is 2.63. The van der Waals surface area contributed by atoms with Crippen molar-refractivity contribution in [3.8, 4) is 0 Å². The molecule has 0 heterocycles. The summed E-state index contributed by atoms with van der Waals surface area (Å²) in [6.07, 6.45) is 3.73. The van der Waals surface area contributed by atoms with Crippen molar-refractivity contribution in [3.63, 3.8) is 0 Å². The smallest absolute Gasteiger partial charge is 0.0804 e. The second kappa shape index (κ2) is 8.31. The van der Waals surface area contributed by atoms with Crippen molar-refractivity contribution in [1.29, 1.82) is 0 Å². The average molecular weight is 222 g/mol. The van der Waals surface area contributed by atoms with Gasteiger partial charge in [-0.2, -0.15) is 0 Å². The van der Waals surface area contributed by atoms with E-state index >= 15 is 0 Å². The van der Waals surface area contributed by atoms with Crippen molar-refractivity contribution < 1.29 is 9.47 Å². The summed E-state index contributed by atoms with van der Waals surface area (Å²) in [6, 6.07) is 10.2. The highest BCUT2D eigenvalue weighted by molar-refractivity contribution is 5.13. The van der Waals surface area contributed by atoms with Crippen molar-refractivity contribution >= 4 is 0 Å². The average Bonchev–Trinajstić information content (AvgIpc) is 2.35. The summed E-state index contributed by atoms with van der Waals surface area (Å²) in [5, 5.41) is 0. The maximum atomic E-state index is 5.64. The summed E-state index contributed by atoms with van der Waals surface area (Å²) in [5.74, 6) is 0. The Morgan fingerprint density at radius 2 is 1.94 bits per heavy atom. The number of rotatable bonds is 8. The molecule has 0 saturated heterocycles. The maximum Gasteiger partial charge on any atom is 0.0804 e. The normalized spacial score (nSPS) is 12.6. The Morgan fingerprint density at radius 3 is 2.56 bits per heavy atom. The maximum absolute atomic E-state index is 5.64. The Bertz CT molecular complexity index is 259. The van der Waals surface area contributed by atoms with E-state index in [0.717, 1.165) is 6.42 Å². The molecule has 16 heavy (non-hydrogen) atoms. The van der Waals surface area contributed by atoms with Crippen LogP contribution in [-0.4, -0.2) is 19.8 Å². The molecule has 90 valence electrons. The molecule has 0 fully saturated rings. The van der Waals surface area contributed by atoms with E-state index in [9.17, 15) is 0 Å². The molecule has 0 aliphatic heterocycles. The molecule has 1 aromatic rings. The van der Waals surface area contributed by atoms with Gasteiger partial charge in [0.15, 0.2) is 0 Å². The first-order valence-electron chi connectivity index (χ1n) is 6.01. The quantitative estimate of drug-likeness (QED) is 0.671. The third-order valence-electron chi connectivity index (χ3n) is 2.63. The molecule has 0 aromatic heterocycles. The van der Waals surface area contributed by atoms with Crippen LogP contribution in [0.5, 0.6) is 0 Å². The summed E-state index contributed by atoms with van der Waals surface area (Å²) in [6.45, 7) is 3.55. The van der Waals surface area contributed by atoms with Gasteiger partial charge in [-0.15, -0.1) is 0 Å². The molecule has 0 bridgehead atoms. The predicted molar refractivity (Wildman–Crippen MR) is 66.4 cm³/mol. The minimum absolute atomic E-state index is 0.240. The summed E-state index contributed by atoms with van der Waals surface area (Å²) in [7, 11) is 1.76. The van der Waals surface area contributed by atoms with Crippen LogP contribution in [0.1, 0.15) is 31.7 Å². The third kappa shape index (κ3) is 5.29. The van der Waals surface area contributed by atoms with Gasteiger partial charge in [0, 0.05) is 7.11 Å². The van der Waals surface area contributed by atoms with Crippen molar-refractivity contribution in [2.75, 3.05) is 13.7 Å². The van der Waals surface area contributed by atoms with E-state index < -0.39 is 0 Å². The Kier molecular flexibility index (Phi) is 6.86. The van der Waals surface area contributed by atoms with E-state index in [-0.39, 0.29) is 6.10 Å². The summed E-state index contributed by atoms with van der Waals surface area (Å²) < 4.78 is 11.0. The zero-order valence-electron chi connectivity index (χ0n) is 10.3. The summed E-state index contributed by atoms with van der Waals surface area (Å²) in [4.78, 5) is 0. The molecule has 0 aliphatic carbocycles. The van der Waals surface area contributed by atoms with Gasteiger partial charge in [0.1, 0.15) is 0 Å². The molecule has 0 N–H and O–H groups in total. The standard InChI is InChI=1S/C14H22O2/c1-3-4-10-14(15-2)12-16-11-13-8-6-5-7-9-13/h5-9,14H,3-4,10-12H2,1-2H3. The molecule has 1 atom stereocenters. The molecule has 2 nitrogen and oxygen atoms in total. The highest BCUT2D eigenvalue weighted by atomic mass is 16.5. The van der Waals surface area contributed by atoms with E-state index in [4.69, 9.17) is 9.47 Å². The second-order valence-electron chi connectivity index (χ2n) is 4.00. The van der Waals surface area contributed by atoms with Crippen LogP contribution in [0.25, 0.3) is 0 Å². The monoisotopic (exact) mass is 222 g/mol. The molecule has 0 radical (unpaired) electrons. The van der Waals surface area contributed by atoms with Gasteiger partial charge < -0.3 is 9.47 Å². The molecule has 2 heteroatoms. The number of methoxy groups -OCH3 is 1. The van der Waals surface area contributed by atoms with Gasteiger partial charge in [0.2, 0.25) is 0 Å². The van der Waals surface area contributed by atoms with Crippen LogP contribution in [0.4, 0.5) is 0 Å². The fourth-order valence-corrected chi connectivity index (χ4v) is 1.58. The van der Waals surface area contributed by atoms with Crippen LogP contribution in [-0.2, 0) is 16.1 Å². The van der Waals surface area contributed by atoms with Gasteiger partial charge >= 0.3 is 0 Å². The van der Waals surface area contributed by atoms with Crippen LogP contribution >= 0.6 is 0 Å². The van der Waals surface area contributed by atoms with Crippen molar-refractivity contribution in [1.82, 2.24) is 0 Å². The molecular weight excluding hydrogens is 200 g/mol. The number of hydrogen-bond acceptors (Lipinski definition) is 2. The fourth-order valence-electron chi connectivity index (χ4n) is 1.58. The second-order valence-corrected chi connectivity index (χ2v) is 4.00. The van der Waals surface area contributed by atoms with Gasteiger partial charge in [0.25, 0.3) is 0 Å². The van der Waals surface area contributed by atoms with Crippen LogP contribution in [0, 0.1) is 0 Å². The zero-order chi connectivity index (χ0) is 11.6. The van der Waals surface area contributed by atoms with Gasteiger partial charge in [-0.25, -0.2) is 0 Å². The van der Waals surface area contributed by atoms with E-state index in [1.807, 2.05) is 18.2 Å². The minimum atomic E-state index is 0.240. The van der Waals surface area contributed by atoms with Gasteiger partial charge in [0.05, 0.1) is 19.3 Å². The lowest BCUT2D eigenvalue weighted by atomic mass is 10.2. The summed E-state index contributed by atoms with van der Waals surface area (Å²) in [5.41, 5.74) is 1.22. The van der Waals surface area contributed by atoms with Gasteiger partial charge in [-0.3, -0.25) is 0 Å². The zero-order valence-corrected chi connectivity index (χ0v) is 10.3. The number of unbranched alkanes of at least 4 members (excludes halogenated alkanes) is 1. The number of benzene rings is 1. The Balaban J connectivity index is 2.18. The van der Waals surface area contributed by atoms with Crippen LogP contribution in [0.3, 0.4) is 0 Å². The fraction of sp³-hybridized carbons (Fsp3) is 0.571. The number of ether oxygens (including phenoxy) is 2. The van der Waals surface area contributed by atoms with Gasteiger partial charge in [-0.05, 0) is 12.0 Å². The molecule has 0 spiro atoms. The molecule has 0 saturated carbocycles. The lowest BCUT2D eigenvalue weighted by Crippen LogP contribution is -2.18. The van der Waals surface area contributed by atoms with Crippen LogP contribution < -0.4 is 0 Å². The van der Waals surface area contributed by atoms with Crippen molar-refractivity contribution in [2.45, 2.75) is 38.9 Å². The van der Waals surface area contributed by atoms with Gasteiger partial charge in [-0.1, -0.05) is 50.1 Å².